The topological polar surface area (TPSA) is 81.7 Å². The summed E-state index contributed by atoms with van der Waals surface area (Å²) in [6.45, 7) is 0. The maximum atomic E-state index is 13.1. The summed E-state index contributed by atoms with van der Waals surface area (Å²) in [7, 11) is 0. The van der Waals surface area contributed by atoms with E-state index in [2.05, 4.69) is 20.3 Å². The van der Waals surface area contributed by atoms with E-state index in [1.165, 1.54) is 0 Å². The van der Waals surface area contributed by atoms with Crippen LogP contribution in [0.5, 0.6) is 0 Å². The quantitative estimate of drug-likeness (QED) is 0.723. The normalized spacial score (nSPS) is 14.6. The lowest BCUT2D eigenvalue weighted by Crippen LogP contribution is -2.08. The molecule has 1 aliphatic carbocycles. The molecule has 0 unspecified atom stereocenters. The zero-order valence-electron chi connectivity index (χ0n) is 12.1. The molecule has 0 bridgehead atoms. The van der Waals surface area contributed by atoms with Crippen LogP contribution in [-0.2, 0) is 0 Å². The monoisotopic (exact) mass is 316 g/mol. The zero-order chi connectivity index (χ0) is 16.0. The lowest BCUT2D eigenvalue weighted by molar-refractivity contribution is 0.141. The van der Waals surface area contributed by atoms with Crippen LogP contribution in [0, 0.1) is 0 Å². The fourth-order valence-electron chi connectivity index (χ4n) is 2.40. The molecule has 0 saturated heterocycles. The zero-order valence-corrected chi connectivity index (χ0v) is 12.1. The van der Waals surface area contributed by atoms with Gasteiger partial charge in [-0.2, -0.15) is 0 Å². The van der Waals surface area contributed by atoms with E-state index < -0.39 is 12.2 Å². The van der Waals surface area contributed by atoms with Gasteiger partial charge in [0.25, 0.3) is 6.43 Å². The third-order valence-electron chi connectivity index (χ3n) is 3.68. The van der Waals surface area contributed by atoms with Gasteiger partial charge in [-0.05, 0) is 31.0 Å². The molecule has 4 rings (SSSR count). The molecule has 118 valence electrons. The first-order valence-electron chi connectivity index (χ1n) is 7.27. The molecule has 1 fully saturated rings. The Morgan fingerprint density at radius 2 is 2.09 bits per heavy atom. The summed E-state index contributed by atoms with van der Waals surface area (Å²) in [5, 5.41) is 3.15. The first-order valence-corrected chi connectivity index (χ1v) is 7.27. The van der Waals surface area contributed by atoms with Crippen LogP contribution in [0.15, 0.2) is 30.6 Å². The number of imidazole rings is 1. The maximum Gasteiger partial charge on any atom is 0.297 e. The van der Waals surface area contributed by atoms with Gasteiger partial charge >= 0.3 is 0 Å². The minimum Gasteiger partial charge on any atom is -0.399 e. The number of nitrogens with two attached hydrogens (primary N) is 1. The highest BCUT2D eigenvalue weighted by atomic mass is 19.3. The fourth-order valence-corrected chi connectivity index (χ4v) is 2.40. The minimum atomic E-state index is -2.75. The lowest BCUT2D eigenvalue weighted by atomic mass is 10.3. The third-order valence-corrected chi connectivity index (χ3v) is 3.68. The average Bonchev–Trinajstić information content (AvgIpc) is 3.23. The van der Waals surface area contributed by atoms with Gasteiger partial charge < -0.3 is 11.1 Å². The molecule has 6 nitrogen and oxygen atoms in total. The van der Waals surface area contributed by atoms with Crippen molar-refractivity contribution in [2.75, 3.05) is 11.1 Å². The number of nitrogens with zero attached hydrogens (tertiary/aromatic N) is 4. The second-order valence-electron chi connectivity index (χ2n) is 5.53. The second kappa shape index (κ2) is 5.15. The lowest BCUT2D eigenvalue weighted by Gasteiger charge is -2.09. The van der Waals surface area contributed by atoms with Crippen LogP contribution in [0.1, 0.15) is 25.1 Å². The van der Waals surface area contributed by atoms with Crippen molar-refractivity contribution in [3.8, 4) is 5.69 Å². The maximum absolute atomic E-state index is 13.1. The highest BCUT2D eigenvalue weighted by molar-refractivity contribution is 5.84. The van der Waals surface area contributed by atoms with Crippen molar-refractivity contribution in [2.45, 2.75) is 25.3 Å². The van der Waals surface area contributed by atoms with Crippen molar-refractivity contribution in [2.24, 2.45) is 0 Å². The van der Waals surface area contributed by atoms with Crippen molar-refractivity contribution < 1.29 is 8.78 Å². The molecule has 0 radical (unpaired) electrons. The molecule has 3 N–H and O–H groups in total. The van der Waals surface area contributed by atoms with Gasteiger partial charge in [-0.15, -0.1) is 0 Å². The molecule has 0 atom stereocenters. The van der Waals surface area contributed by atoms with E-state index >= 15 is 0 Å². The van der Waals surface area contributed by atoms with E-state index in [9.17, 15) is 8.78 Å². The van der Waals surface area contributed by atoms with E-state index in [1.54, 1.807) is 29.1 Å². The molecule has 0 amide bonds. The first kappa shape index (κ1) is 13.9. The molecule has 0 aliphatic heterocycles. The average molecular weight is 316 g/mol. The summed E-state index contributed by atoms with van der Waals surface area (Å²) < 4.78 is 27.9. The Morgan fingerprint density at radius 1 is 1.26 bits per heavy atom. The van der Waals surface area contributed by atoms with E-state index in [0.717, 1.165) is 12.8 Å². The number of hydrogen-bond donors (Lipinski definition) is 2. The summed E-state index contributed by atoms with van der Waals surface area (Å²) in [5.41, 5.74) is 7.89. The number of nitrogen functional groups attached to an aromatic ring is 1. The van der Waals surface area contributed by atoms with Crippen molar-refractivity contribution in [3.63, 3.8) is 0 Å². The van der Waals surface area contributed by atoms with Crippen LogP contribution in [0.4, 0.5) is 20.3 Å². The number of nitrogens with one attached hydrogen (secondary N) is 1. The standard InChI is InChI=1S/C15H14F2N6/c16-12(17)14-21-13(20-9-4-5-9)11-15(22-14)23(7-19-11)10-3-1-2-8(18)6-10/h1-3,6-7,9,12H,4-5,18H2,(H,20,21,22). The van der Waals surface area contributed by atoms with Crippen molar-refractivity contribution in [1.82, 2.24) is 19.5 Å². The summed E-state index contributed by atoms with van der Waals surface area (Å²) in [5.74, 6) is -0.151. The number of benzene rings is 1. The van der Waals surface area contributed by atoms with Gasteiger partial charge in [0, 0.05) is 11.7 Å². The number of rotatable bonds is 4. The Morgan fingerprint density at radius 3 is 2.78 bits per heavy atom. The molecule has 3 aromatic rings. The Balaban J connectivity index is 1.90. The molecule has 0 spiro atoms. The van der Waals surface area contributed by atoms with E-state index in [-0.39, 0.29) is 6.04 Å². The number of alkyl halides is 2. The molecule has 1 aliphatic rings. The summed E-state index contributed by atoms with van der Waals surface area (Å²) >= 11 is 0. The summed E-state index contributed by atoms with van der Waals surface area (Å²) in [6.07, 6.45) is 0.807. The van der Waals surface area contributed by atoms with Gasteiger partial charge in [0.05, 0.1) is 5.69 Å². The molecule has 1 saturated carbocycles. The Labute approximate surface area is 130 Å². The highest BCUT2D eigenvalue weighted by Gasteiger charge is 2.25. The number of halogens is 2. The fraction of sp³-hybridized carbons (Fsp3) is 0.267. The predicted octanol–water partition coefficient (Wildman–Crippen LogP) is 2.91. The molecule has 2 aromatic heterocycles. The molecule has 23 heavy (non-hydrogen) atoms. The van der Waals surface area contributed by atoms with Crippen LogP contribution in [0.2, 0.25) is 0 Å². The van der Waals surface area contributed by atoms with Gasteiger partial charge in [-0.1, -0.05) is 6.07 Å². The minimum absolute atomic E-state index is 0.274. The van der Waals surface area contributed by atoms with E-state index in [0.29, 0.717) is 28.4 Å². The molecule has 8 heteroatoms. The Kier molecular flexibility index (Phi) is 3.10. The molecular formula is C15H14F2N6. The number of aromatic nitrogens is 4. The molecule has 1 aromatic carbocycles. The van der Waals surface area contributed by atoms with Gasteiger partial charge in [0.15, 0.2) is 22.8 Å². The number of hydrogen-bond acceptors (Lipinski definition) is 5. The van der Waals surface area contributed by atoms with E-state index in [4.69, 9.17) is 5.73 Å². The summed E-state index contributed by atoms with van der Waals surface area (Å²) in [6, 6.07) is 7.36. The highest BCUT2D eigenvalue weighted by Crippen LogP contribution is 2.30. The second-order valence-corrected chi connectivity index (χ2v) is 5.53. The van der Waals surface area contributed by atoms with Crippen molar-refractivity contribution in [1.29, 1.82) is 0 Å². The predicted molar refractivity (Wildman–Crippen MR) is 82.7 cm³/mol. The van der Waals surface area contributed by atoms with Crippen molar-refractivity contribution in [3.05, 3.63) is 36.4 Å². The molecular weight excluding hydrogens is 302 g/mol. The SMILES string of the molecule is Nc1cccc(-n2cnc3c(NC4CC4)nc(C(F)F)nc32)c1. The van der Waals surface area contributed by atoms with Crippen LogP contribution >= 0.6 is 0 Å². The first-order chi connectivity index (χ1) is 11.1. The number of fused-ring (bicyclic) bond motifs is 1. The Bertz CT molecular complexity index is 872. The van der Waals surface area contributed by atoms with Crippen molar-refractivity contribution >= 4 is 22.7 Å². The van der Waals surface area contributed by atoms with Gasteiger partial charge in [0.2, 0.25) is 0 Å². The Hall–Kier alpha value is -2.77. The van der Waals surface area contributed by atoms with Crippen LogP contribution in [-0.4, -0.2) is 25.6 Å². The van der Waals surface area contributed by atoms with Gasteiger partial charge in [-0.3, -0.25) is 4.57 Å². The smallest absolute Gasteiger partial charge is 0.297 e. The van der Waals surface area contributed by atoms with Gasteiger partial charge in [-0.25, -0.2) is 23.7 Å². The molecule has 2 heterocycles. The van der Waals surface area contributed by atoms with Crippen LogP contribution in [0.25, 0.3) is 16.9 Å². The largest absolute Gasteiger partial charge is 0.399 e. The van der Waals surface area contributed by atoms with Crippen LogP contribution in [0.3, 0.4) is 0 Å². The summed E-state index contributed by atoms with van der Waals surface area (Å²) in [4.78, 5) is 12.2. The van der Waals surface area contributed by atoms with Gasteiger partial charge in [0.1, 0.15) is 6.33 Å². The van der Waals surface area contributed by atoms with Crippen LogP contribution < -0.4 is 11.1 Å². The number of anilines is 2. The third kappa shape index (κ3) is 2.56. The van der Waals surface area contributed by atoms with E-state index in [1.807, 2.05) is 6.07 Å².